The predicted molar refractivity (Wildman–Crippen MR) is 116 cm³/mol. The van der Waals surface area contributed by atoms with Gasteiger partial charge in [0, 0.05) is 29.8 Å². The number of terminal acetylenes is 1. The molecule has 0 fully saturated rings. The third kappa shape index (κ3) is 3.76. The Kier molecular flexibility index (Phi) is 5.73. The number of carbonyl (C=O) groups is 1. The van der Waals surface area contributed by atoms with Crippen molar-refractivity contribution in [3.05, 3.63) is 82.9 Å². The van der Waals surface area contributed by atoms with Crippen LogP contribution in [0.4, 0.5) is 0 Å². The van der Waals surface area contributed by atoms with E-state index in [4.69, 9.17) is 16.2 Å². The van der Waals surface area contributed by atoms with Crippen molar-refractivity contribution in [2.24, 2.45) is 4.99 Å². The van der Waals surface area contributed by atoms with E-state index in [0.717, 1.165) is 33.8 Å². The number of hydrogen-bond acceptors (Lipinski definition) is 4. The first kappa shape index (κ1) is 19.6. The molecule has 2 aromatic carbocycles. The minimum Gasteiger partial charge on any atom is -0.380 e. The lowest BCUT2D eigenvalue weighted by molar-refractivity contribution is 0.0917. The maximum absolute atomic E-state index is 12.7. The summed E-state index contributed by atoms with van der Waals surface area (Å²) in [6, 6.07) is 15.8. The molecule has 0 saturated heterocycles. The zero-order valence-electron chi connectivity index (χ0n) is 16.8. The summed E-state index contributed by atoms with van der Waals surface area (Å²) in [6.45, 7) is 3.76. The second-order valence-corrected chi connectivity index (χ2v) is 6.77. The summed E-state index contributed by atoms with van der Waals surface area (Å²) in [7, 11) is 0. The quantitative estimate of drug-likeness (QED) is 0.513. The molecule has 2 heterocycles. The Morgan fingerprint density at radius 3 is 2.87 bits per heavy atom. The first-order chi connectivity index (χ1) is 14.7. The van der Waals surface area contributed by atoms with Crippen molar-refractivity contribution in [1.82, 2.24) is 14.9 Å². The van der Waals surface area contributed by atoms with E-state index in [2.05, 4.69) is 16.2 Å². The molecule has 150 valence electrons. The van der Waals surface area contributed by atoms with Gasteiger partial charge in [-0.05, 0) is 25.1 Å². The van der Waals surface area contributed by atoms with Crippen LogP contribution < -0.4 is 5.32 Å². The summed E-state index contributed by atoms with van der Waals surface area (Å²) in [6.07, 6.45) is 7.31. The largest absolute Gasteiger partial charge is 0.380 e. The van der Waals surface area contributed by atoms with Gasteiger partial charge < -0.3 is 10.1 Å². The Morgan fingerprint density at radius 2 is 2.10 bits per heavy atom. The highest BCUT2D eigenvalue weighted by Crippen LogP contribution is 2.27. The van der Waals surface area contributed by atoms with Crippen molar-refractivity contribution < 1.29 is 9.53 Å². The van der Waals surface area contributed by atoms with Gasteiger partial charge in [-0.25, -0.2) is 4.98 Å². The smallest absolute Gasteiger partial charge is 0.271 e. The Balaban J connectivity index is 1.76. The Bertz CT molecular complexity index is 1140. The van der Waals surface area contributed by atoms with Crippen LogP contribution in [0.5, 0.6) is 0 Å². The standard InChI is InChI=1S/C24H22N4O2/c1-3-17-10-11-20-19(14-17)22(18-8-6-5-7-9-18)26-15-21-23(27-16-28(20)21)24(29)25-12-13-30-4-2/h1,5-11,14,16H,4,12-13,15H2,2H3,(H,25,29). The minimum absolute atomic E-state index is 0.233. The van der Waals surface area contributed by atoms with Crippen molar-refractivity contribution in [3.63, 3.8) is 0 Å². The van der Waals surface area contributed by atoms with E-state index in [-0.39, 0.29) is 5.91 Å². The normalized spacial score (nSPS) is 12.2. The summed E-state index contributed by atoms with van der Waals surface area (Å²) >= 11 is 0. The second-order valence-electron chi connectivity index (χ2n) is 6.77. The van der Waals surface area contributed by atoms with Crippen LogP contribution in [-0.4, -0.2) is 40.9 Å². The number of aliphatic imine (C=N–C) groups is 1. The number of hydrogen-bond donors (Lipinski definition) is 1. The average molecular weight is 398 g/mol. The third-order valence-electron chi connectivity index (χ3n) is 4.93. The number of ether oxygens (including phenoxy) is 1. The molecule has 30 heavy (non-hydrogen) atoms. The first-order valence-electron chi connectivity index (χ1n) is 9.86. The molecule has 4 rings (SSSR count). The van der Waals surface area contributed by atoms with Crippen molar-refractivity contribution in [2.75, 3.05) is 19.8 Å². The number of carbonyl (C=O) groups excluding carboxylic acids is 1. The average Bonchev–Trinajstić information content (AvgIpc) is 3.14. The van der Waals surface area contributed by atoms with Gasteiger partial charge in [-0.2, -0.15) is 0 Å². The zero-order chi connectivity index (χ0) is 20.9. The van der Waals surface area contributed by atoms with Crippen LogP contribution in [-0.2, 0) is 11.3 Å². The molecular formula is C24H22N4O2. The maximum Gasteiger partial charge on any atom is 0.271 e. The van der Waals surface area contributed by atoms with E-state index < -0.39 is 0 Å². The second kappa shape index (κ2) is 8.76. The van der Waals surface area contributed by atoms with E-state index in [1.165, 1.54) is 0 Å². The van der Waals surface area contributed by atoms with Gasteiger partial charge in [0.2, 0.25) is 0 Å². The van der Waals surface area contributed by atoms with E-state index in [0.29, 0.717) is 32.0 Å². The first-order valence-corrected chi connectivity index (χ1v) is 9.86. The van der Waals surface area contributed by atoms with Crippen LogP contribution in [0.1, 0.15) is 39.8 Å². The molecule has 3 aromatic rings. The highest BCUT2D eigenvalue weighted by Gasteiger charge is 2.24. The molecule has 0 unspecified atom stereocenters. The molecule has 0 spiro atoms. The Labute approximate surface area is 175 Å². The van der Waals surface area contributed by atoms with Crippen molar-refractivity contribution in [2.45, 2.75) is 13.5 Å². The lowest BCUT2D eigenvalue weighted by Crippen LogP contribution is -2.28. The van der Waals surface area contributed by atoms with E-state index in [1.807, 2.05) is 60.0 Å². The van der Waals surface area contributed by atoms with Gasteiger partial charge in [0.15, 0.2) is 5.69 Å². The van der Waals surface area contributed by atoms with Gasteiger partial charge in [0.25, 0.3) is 5.91 Å². The van der Waals surface area contributed by atoms with Crippen LogP contribution >= 0.6 is 0 Å². The molecule has 0 atom stereocenters. The fourth-order valence-corrected chi connectivity index (χ4v) is 3.49. The highest BCUT2D eigenvalue weighted by molar-refractivity contribution is 6.15. The van der Waals surface area contributed by atoms with Crippen LogP contribution in [0, 0.1) is 12.3 Å². The molecule has 0 radical (unpaired) electrons. The van der Waals surface area contributed by atoms with E-state index in [1.54, 1.807) is 6.33 Å². The van der Waals surface area contributed by atoms with Gasteiger partial charge in [-0.1, -0.05) is 36.3 Å². The summed E-state index contributed by atoms with van der Waals surface area (Å²) in [4.78, 5) is 21.9. The molecule has 1 amide bonds. The summed E-state index contributed by atoms with van der Waals surface area (Å²) < 4.78 is 7.21. The number of nitrogens with zero attached hydrogens (tertiary/aromatic N) is 3. The number of imidazole rings is 1. The lowest BCUT2D eigenvalue weighted by Gasteiger charge is -2.12. The van der Waals surface area contributed by atoms with Gasteiger partial charge in [-0.15, -0.1) is 6.42 Å². The van der Waals surface area contributed by atoms with Crippen molar-refractivity contribution in [3.8, 4) is 18.0 Å². The number of rotatable bonds is 6. The van der Waals surface area contributed by atoms with Crippen molar-refractivity contribution in [1.29, 1.82) is 0 Å². The fourth-order valence-electron chi connectivity index (χ4n) is 3.49. The monoisotopic (exact) mass is 398 g/mol. The Hall–Kier alpha value is -3.69. The SMILES string of the molecule is C#Cc1ccc2c(c1)C(c1ccccc1)=NCc1c(C(=O)NCCOCC)ncn1-2. The van der Waals surface area contributed by atoms with E-state index >= 15 is 0 Å². The van der Waals surface area contributed by atoms with Crippen LogP contribution in [0.2, 0.25) is 0 Å². The third-order valence-corrected chi connectivity index (χ3v) is 4.93. The maximum atomic E-state index is 12.7. The number of amides is 1. The number of benzene rings is 2. The zero-order valence-corrected chi connectivity index (χ0v) is 16.8. The molecule has 1 aliphatic rings. The fraction of sp³-hybridized carbons (Fsp3) is 0.208. The molecule has 1 N–H and O–H groups in total. The molecule has 0 aliphatic carbocycles. The minimum atomic E-state index is -0.233. The molecule has 1 aliphatic heterocycles. The summed E-state index contributed by atoms with van der Waals surface area (Å²) in [5, 5.41) is 2.86. The molecule has 1 aromatic heterocycles. The lowest BCUT2D eigenvalue weighted by atomic mass is 9.98. The number of aromatic nitrogens is 2. The molecule has 0 bridgehead atoms. The topological polar surface area (TPSA) is 68.5 Å². The van der Waals surface area contributed by atoms with Crippen LogP contribution in [0.25, 0.3) is 5.69 Å². The molecule has 0 saturated carbocycles. The summed E-state index contributed by atoms with van der Waals surface area (Å²) in [5.41, 5.74) is 5.53. The Morgan fingerprint density at radius 1 is 1.27 bits per heavy atom. The van der Waals surface area contributed by atoms with Crippen LogP contribution in [0.3, 0.4) is 0 Å². The number of nitrogens with one attached hydrogen (secondary N) is 1. The van der Waals surface area contributed by atoms with Gasteiger partial charge in [-0.3, -0.25) is 14.4 Å². The molecule has 6 heteroatoms. The number of fused-ring (bicyclic) bond motifs is 3. The predicted octanol–water partition coefficient (Wildman–Crippen LogP) is 2.97. The van der Waals surface area contributed by atoms with Gasteiger partial charge >= 0.3 is 0 Å². The van der Waals surface area contributed by atoms with Gasteiger partial charge in [0.1, 0.15) is 6.33 Å². The van der Waals surface area contributed by atoms with E-state index in [9.17, 15) is 4.79 Å². The van der Waals surface area contributed by atoms with Gasteiger partial charge in [0.05, 0.1) is 30.2 Å². The highest BCUT2D eigenvalue weighted by atomic mass is 16.5. The molecular weight excluding hydrogens is 376 g/mol. The summed E-state index contributed by atoms with van der Waals surface area (Å²) in [5.74, 6) is 2.46. The van der Waals surface area contributed by atoms with Crippen LogP contribution in [0.15, 0.2) is 59.9 Å². The van der Waals surface area contributed by atoms with Crippen molar-refractivity contribution >= 4 is 11.6 Å². The molecule has 6 nitrogen and oxygen atoms in total.